The number of carbonyl (C=O) groups excluding carboxylic acids is 1. The Bertz CT molecular complexity index is 863. The molecule has 2 aliphatic heterocycles. The summed E-state index contributed by atoms with van der Waals surface area (Å²) in [6, 6.07) is 8.44. The molecular weight excluding hydrogens is 354 g/mol. The van der Waals surface area contributed by atoms with Crippen LogP contribution in [0.25, 0.3) is 11.5 Å². The van der Waals surface area contributed by atoms with Gasteiger partial charge in [0.1, 0.15) is 0 Å². The largest absolute Gasteiger partial charge is 0.351 e. The summed E-state index contributed by atoms with van der Waals surface area (Å²) in [6.45, 7) is 0. The summed E-state index contributed by atoms with van der Waals surface area (Å²) in [5.74, 6) is 1.66. The van der Waals surface area contributed by atoms with Gasteiger partial charge in [0.05, 0.1) is 11.3 Å². The van der Waals surface area contributed by atoms with E-state index >= 15 is 0 Å². The number of nitrogens with two attached hydrogens (primary N) is 1. The van der Waals surface area contributed by atoms with Crippen molar-refractivity contribution < 1.29 is 9.32 Å². The normalized spacial score (nSPS) is 27.5. The zero-order chi connectivity index (χ0) is 19.3. The molecule has 3 fully saturated rings. The molecule has 7 heteroatoms. The highest BCUT2D eigenvalue weighted by atomic mass is 16.5. The monoisotopic (exact) mass is 381 g/mol. The van der Waals surface area contributed by atoms with Gasteiger partial charge in [-0.25, -0.2) is 4.79 Å². The molecule has 3 aliphatic rings. The lowest BCUT2D eigenvalue weighted by Crippen LogP contribution is -2.57. The lowest BCUT2D eigenvalue weighted by molar-refractivity contribution is 0.0564. The predicted molar refractivity (Wildman–Crippen MR) is 106 cm³/mol. The van der Waals surface area contributed by atoms with E-state index in [2.05, 4.69) is 22.1 Å². The Hall–Kier alpha value is -2.41. The van der Waals surface area contributed by atoms with Crippen molar-refractivity contribution in [1.29, 1.82) is 0 Å². The third kappa shape index (κ3) is 3.07. The number of primary amides is 1. The minimum absolute atomic E-state index is 0.0935. The van der Waals surface area contributed by atoms with Gasteiger partial charge in [0.15, 0.2) is 5.82 Å². The van der Waals surface area contributed by atoms with Gasteiger partial charge < -0.3 is 15.2 Å². The summed E-state index contributed by atoms with van der Waals surface area (Å²) in [7, 11) is 2.21. The van der Waals surface area contributed by atoms with Crippen LogP contribution in [0.3, 0.4) is 0 Å². The fraction of sp³-hybridized carbons (Fsp3) is 0.571. The summed E-state index contributed by atoms with van der Waals surface area (Å²) < 4.78 is 5.55. The van der Waals surface area contributed by atoms with Gasteiger partial charge >= 0.3 is 6.03 Å². The molecule has 2 bridgehead atoms. The quantitative estimate of drug-likeness (QED) is 0.875. The number of para-hydroxylation sites is 1. The molecule has 1 saturated carbocycles. The highest BCUT2D eigenvalue weighted by molar-refractivity contribution is 5.95. The molecule has 2 aromatic rings. The van der Waals surface area contributed by atoms with Crippen LogP contribution < -0.4 is 10.6 Å². The van der Waals surface area contributed by atoms with Crippen LogP contribution in [0.2, 0.25) is 0 Å². The Morgan fingerprint density at radius 1 is 1.18 bits per heavy atom. The number of benzene rings is 1. The maximum atomic E-state index is 12.6. The van der Waals surface area contributed by atoms with Crippen LogP contribution >= 0.6 is 0 Å². The Morgan fingerprint density at radius 2 is 1.89 bits per heavy atom. The second kappa shape index (κ2) is 6.88. The Balaban J connectivity index is 1.49. The first-order valence-electron chi connectivity index (χ1n) is 10.4. The summed E-state index contributed by atoms with van der Waals surface area (Å²) in [6.07, 6.45) is 7.77. The van der Waals surface area contributed by atoms with Crippen molar-refractivity contribution >= 4 is 11.7 Å². The molecule has 5 rings (SSSR count). The first-order chi connectivity index (χ1) is 13.6. The Labute approximate surface area is 164 Å². The van der Waals surface area contributed by atoms with Gasteiger partial charge in [0, 0.05) is 24.0 Å². The number of urea groups is 1. The van der Waals surface area contributed by atoms with Crippen molar-refractivity contribution in [3.8, 4) is 11.5 Å². The second-order valence-corrected chi connectivity index (χ2v) is 8.49. The molecule has 2 saturated heterocycles. The number of hydrogen-bond donors (Lipinski definition) is 1. The van der Waals surface area contributed by atoms with E-state index in [1.54, 1.807) is 4.90 Å². The number of carbonyl (C=O) groups is 1. The van der Waals surface area contributed by atoms with Gasteiger partial charge in [-0.15, -0.1) is 0 Å². The van der Waals surface area contributed by atoms with Crippen molar-refractivity contribution in [2.24, 2.45) is 5.73 Å². The van der Waals surface area contributed by atoms with Crippen LogP contribution in [0.15, 0.2) is 28.8 Å². The van der Waals surface area contributed by atoms with E-state index in [9.17, 15) is 4.79 Å². The fourth-order valence-electron chi connectivity index (χ4n) is 5.01. The summed E-state index contributed by atoms with van der Waals surface area (Å²) >= 11 is 0. The average Bonchev–Trinajstić information content (AvgIpc) is 3.40. The number of rotatable bonds is 4. The summed E-state index contributed by atoms with van der Waals surface area (Å²) in [4.78, 5) is 21.4. The van der Waals surface area contributed by atoms with Gasteiger partial charge in [-0.2, -0.15) is 4.98 Å². The fourth-order valence-corrected chi connectivity index (χ4v) is 5.01. The van der Waals surface area contributed by atoms with Crippen LogP contribution in [0.1, 0.15) is 56.7 Å². The number of amides is 2. The van der Waals surface area contributed by atoms with Crippen LogP contribution in [0.5, 0.6) is 0 Å². The minimum atomic E-state index is -0.415. The molecule has 2 unspecified atom stereocenters. The third-order valence-corrected chi connectivity index (χ3v) is 6.70. The molecule has 1 aliphatic carbocycles. The van der Waals surface area contributed by atoms with Gasteiger partial charge in [-0.05, 0) is 57.7 Å². The number of anilines is 1. The maximum Gasteiger partial charge on any atom is 0.319 e. The van der Waals surface area contributed by atoms with Gasteiger partial charge in [0.25, 0.3) is 5.89 Å². The van der Waals surface area contributed by atoms with Crippen LogP contribution in [-0.4, -0.2) is 46.2 Å². The van der Waals surface area contributed by atoms with Crippen LogP contribution in [0.4, 0.5) is 10.5 Å². The number of nitrogens with zero attached hydrogens (tertiary/aromatic N) is 4. The van der Waals surface area contributed by atoms with Gasteiger partial charge in [0.2, 0.25) is 0 Å². The van der Waals surface area contributed by atoms with E-state index in [4.69, 9.17) is 10.3 Å². The van der Waals surface area contributed by atoms with Crippen LogP contribution in [0, 0.1) is 0 Å². The molecule has 0 spiro atoms. The molecule has 2 atom stereocenters. The highest BCUT2D eigenvalue weighted by Crippen LogP contribution is 2.41. The maximum absolute atomic E-state index is 12.6. The number of piperidine rings is 2. The molecule has 148 valence electrons. The topological polar surface area (TPSA) is 88.5 Å². The average molecular weight is 381 g/mol. The van der Waals surface area contributed by atoms with Crippen molar-refractivity contribution in [3.05, 3.63) is 30.1 Å². The van der Waals surface area contributed by atoms with E-state index in [1.165, 1.54) is 19.3 Å². The van der Waals surface area contributed by atoms with Gasteiger partial charge in [-0.1, -0.05) is 23.7 Å². The van der Waals surface area contributed by atoms with Crippen molar-refractivity contribution in [1.82, 2.24) is 15.0 Å². The van der Waals surface area contributed by atoms with Crippen molar-refractivity contribution in [2.75, 3.05) is 11.9 Å². The van der Waals surface area contributed by atoms with E-state index in [-0.39, 0.29) is 6.04 Å². The lowest BCUT2D eigenvalue weighted by Gasteiger charge is -2.49. The van der Waals surface area contributed by atoms with E-state index in [0.717, 1.165) is 42.8 Å². The number of aromatic nitrogens is 2. The molecule has 2 amide bonds. The summed E-state index contributed by atoms with van der Waals surface area (Å²) in [5, 5.41) is 4.14. The molecule has 28 heavy (non-hydrogen) atoms. The minimum Gasteiger partial charge on any atom is -0.351 e. The molecule has 0 radical (unpaired) electrons. The summed E-state index contributed by atoms with van der Waals surface area (Å²) in [5.41, 5.74) is 7.46. The zero-order valence-corrected chi connectivity index (χ0v) is 16.3. The Kier molecular flexibility index (Phi) is 4.34. The van der Waals surface area contributed by atoms with E-state index in [0.29, 0.717) is 23.9 Å². The molecule has 1 aromatic carbocycles. The standard InChI is InChI=1S/C21H27N5O2/c1-25-14-5-4-6-15(25)12-16(11-14)26(21(22)27)18-8-3-2-7-17(18)20-23-19(24-28-20)13-9-10-13/h2-3,7-8,13-16H,4-6,9-12H2,1H3,(H2,22,27). The molecule has 1 aromatic heterocycles. The number of fused-ring (bicyclic) bond motifs is 2. The molecule has 7 nitrogen and oxygen atoms in total. The SMILES string of the molecule is CN1C2CCCC1CC(N(C(N)=O)c1ccccc1-c1nc(C3CC3)no1)C2. The highest BCUT2D eigenvalue weighted by Gasteiger charge is 2.40. The van der Waals surface area contributed by atoms with E-state index < -0.39 is 6.03 Å². The first-order valence-corrected chi connectivity index (χ1v) is 10.4. The zero-order valence-electron chi connectivity index (χ0n) is 16.3. The first kappa shape index (κ1) is 17.7. The van der Waals surface area contributed by atoms with E-state index in [1.807, 2.05) is 24.3 Å². The second-order valence-electron chi connectivity index (χ2n) is 8.49. The van der Waals surface area contributed by atoms with Crippen molar-refractivity contribution in [2.45, 2.75) is 69.0 Å². The van der Waals surface area contributed by atoms with Gasteiger partial charge in [-0.3, -0.25) is 4.90 Å². The molecule has 3 heterocycles. The lowest BCUT2D eigenvalue weighted by atomic mass is 9.81. The van der Waals surface area contributed by atoms with Crippen molar-refractivity contribution in [3.63, 3.8) is 0 Å². The smallest absolute Gasteiger partial charge is 0.319 e. The number of hydrogen-bond acceptors (Lipinski definition) is 5. The molecular formula is C21H27N5O2. The predicted octanol–water partition coefficient (Wildman–Crippen LogP) is 3.51. The van der Waals surface area contributed by atoms with Crippen LogP contribution in [-0.2, 0) is 0 Å². The molecule has 2 N–H and O–H groups in total. The third-order valence-electron chi connectivity index (χ3n) is 6.70. The Morgan fingerprint density at radius 3 is 2.57 bits per heavy atom.